The van der Waals surface area contributed by atoms with Gasteiger partial charge in [0.05, 0.1) is 12.7 Å². The molecule has 5 nitrogen and oxygen atoms in total. The minimum Gasteiger partial charge on any atom is -0.497 e. The van der Waals surface area contributed by atoms with Gasteiger partial charge in [-0.25, -0.2) is 0 Å². The monoisotopic (exact) mass is 479 g/mol. The Morgan fingerprint density at radius 1 is 1.03 bits per heavy atom. The van der Waals surface area contributed by atoms with Gasteiger partial charge in [0.2, 0.25) is 5.78 Å². The summed E-state index contributed by atoms with van der Waals surface area (Å²) in [5, 5.41) is 2.07. The molecule has 33 heavy (non-hydrogen) atoms. The van der Waals surface area contributed by atoms with Gasteiger partial charge in [-0.05, 0) is 48.5 Å². The number of aromatic nitrogens is 1. The van der Waals surface area contributed by atoms with Crippen LogP contribution in [0.1, 0.15) is 21.5 Å². The molecular formula is C26H19Cl2NO4. The number of Topliss-reactive ketones (excluding diaryl/α,β-unsaturated/α-hetero) is 1. The SMILES string of the molecule is COc1ccc2c(c1)c(C=C1Oc3cc(OCc4ccc(Cl)cc4Cl)ccc3C1=O)cn2C. The molecule has 0 amide bonds. The normalized spacial score (nSPS) is 13.9. The van der Waals surface area contributed by atoms with Gasteiger partial charge in [0.1, 0.15) is 23.9 Å². The Morgan fingerprint density at radius 3 is 2.64 bits per heavy atom. The molecule has 1 aromatic heterocycles. The Bertz CT molecular complexity index is 1440. The Balaban J connectivity index is 1.40. The van der Waals surface area contributed by atoms with E-state index in [0.29, 0.717) is 27.1 Å². The third-order valence-corrected chi connectivity index (χ3v) is 6.15. The number of ketones is 1. The molecule has 4 aromatic rings. The summed E-state index contributed by atoms with van der Waals surface area (Å²) in [6, 6.07) is 16.3. The lowest BCUT2D eigenvalue weighted by Crippen LogP contribution is -1.98. The summed E-state index contributed by atoms with van der Waals surface area (Å²) in [5.74, 6) is 1.88. The Hall–Kier alpha value is -3.41. The highest BCUT2D eigenvalue weighted by Gasteiger charge is 2.28. The van der Waals surface area contributed by atoms with Gasteiger partial charge in [0, 0.05) is 51.4 Å². The standard InChI is InChI=1S/C26H19Cl2NO4/c1-29-13-16(21-11-18(31-2)6-8-23(21)29)9-25-26(30)20-7-5-19(12-24(20)33-25)32-14-15-3-4-17(27)10-22(15)28/h3-13H,14H2,1-2H3. The lowest BCUT2D eigenvalue weighted by atomic mass is 10.1. The smallest absolute Gasteiger partial charge is 0.231 e. The number of carbonyl (C=O) groups is 1. The van der Waals surface area contributed by atoms with Crippen LogP contribution < -0.4 is 14.2 Å². The van der Waals surface area contributed by atoms with Crippen molar-refractivity contribution in [2.75, 3.05) is 7.11 Å². The van der Waals surface area contributed by atoms with E-state index < -0.39 is 0 Å². The quantitative estimate of drug-likeness (QED) is 0.299. The van der Waals surface area contributed by atoms with Crippen LogP contribution in [-0.4, -0.2) is 17.5 Å². The molecule has 166 valence electrons. The topological polar surface area (TPSA) is 49.7 Å². The summed E-state index contributed by atoms with van der Waals surface area (Å²) in [7, 11) is 3.59. The van der Waals surface area contributed by atoms with Crippen LogP contribution in [0.4, 0.5) is 0 Å². The molecule has 0 spiro atoms. The van der Waals surface area contributed by atoms with E-state index in [4.69, 9.17) is 37.4 Å². The van der Waals surface area contributed by atoms with Gasteiger partial charge in [-0.15, -0.1) is 0 Å². The van der Waals surface area contributed by atoms with Gasteiger partial charge in [0.25, 0.3) is 0 Å². The maximum atomic E-state index is 12.9. The number of halogens is 2. The van der Waals surface area contributed by atoms with Crippen LogP contribution in [0.3, 0.4) is 0 Å². The third kappa shape index (κ3) is 4.06. The average Bonchev–Trinajstić information content (AvgIpc) is 3.28. The van der Waals surface area contributed by atoms with E-state index in [9.17, 15) is 4.79 Å². The first kappa shape index (κ1) is 21.4. The van der Waals surface area contributed by atoms with Crippen molar-refractivity contribution in [1.29, 1.82) is 0 Å². The molecule has 0 atom stereocenters. The Labute approximate surface area is 200 Å². The van der Waals surface area contributed by atoms with Crippen molar-refractivity contribution >= 4 is 46.0 Å². The minimum atomic E-state index is -0.169. The summed E-state index contributed by atoms with van der Waals surface area (Å²) >= 11 is 12.2. The first-order valence-corrected chi connectivity index (χ1v) is 11.0. The second-order valence-corrected chi connectivity index (χ2v) is 8.54. The van der Waals surface area contributed by atoms with Crippen LogP contribution in [0.25, 0.3) is 17.0 Å². The van der Waals surface area contributed by atoms with Crippen LogP contribution >= 0.6 is 23.2 Å². The van der Waals surface area contributed by atoms with Crippen molar-refractivity contribution in [2.24, 2.45) is 7.05 Å². The summed E-state index contributed by atoms with van der Waals surface area (Å²) in [4.78, 5) is 12.9. The lowest BCUT2D eigenvalue weighted by molar-refractivity contribution is 0.101. The zero-order chi connectivity index (χ0) is 23.1. The molecule has 0 aliphatic carbocycles. The number of allylic oxidation sites excluding steroid dienone is 1. The highest BCUT2D eigenvalue weighted by atomic mass is 35.5. The van der Waals surface area contributed by atoms with Crippen LogP contribution in [0.5, 0.6) is 17.2 Å². The summed E-state index contributed by atoms with van der Waals surface area (Å²) in [6.45, 7) is 0.267. The molecule has 0 unspecified atom stereocenters. The summed E-state index contributed by atoms with van der Waals surface area (Å²) in [6.07, 6.45) is 3.72. The molecular weight excluding hydrogens is 461 g/mol. The largest absolute Gasteiger partial charge is 0.497 e. The first-order valence-electron chi connectivity index (χ1n) is 10.2. The predicted octanol–water partition coefficient (Wildman–Crippen LogP) is 6.69. The van der Waals surface area contributed by atoms with Crippen LogP contribution in [0, 0.1) is 0 Å². The molecule has 1 aliphatic heterocycles. The zero-order valence-electron chi connectivity index (χ0n) is 17.9. The number of fused-ring (bicyclic) bond motifs is 2. The predicted molar refractivity (Wildman–Crippen MR) is 130 cm³/mol. The fourth-order valence-electron chi connectivity index (χ4n) is 3.84. The van der Waals surface area contributed by atoms with Gasteiger partial charge in [0.15, 0.2) is 5.76 Å². The Morgan fingerprint density at radius 2 is 1.85 bits per heavy atom. The highest BCUT2D eigenvalue weighted by Crippen LogP contribution is 2.36. The minimum absolute atomic E-state index is 0.169. The first-order chi connectivity index (χ1) is 15.9. The van der Waals surface area contributed by atoms with Gasteiger partial charge < -0.3 is 18.8 Å². The van der Waals surface area contributed by atoms with Crippen molar-refractivity contribution < 1.29 is 19.0 Å². The number of hydrogen-bond acceptors (Lipinski definition) is 4. The molecule has 1 aliphatic rings. The van der Waals surface area contributed by atoms with Gasteiger partial charge in [-0.1, -0.05) is 29.3 Å². The summed E-state index contributed by atoms with van der Waals surface area (Å²) < 4.78 is 19.1. The van der Waals surface area contributed by atoms with Crippen LogP contribution in [0.15, 0.2) is 66.6 Å². The lowest BCUT2D eigenvalue weighted by Gasteiger charge is -2.09. The van der Waals surface area contributed by atoms with Crippen molar-refractivity contribution in [3.05, 3.63) is 93.3 Å². The number of ether oxygens (including phenoxy) is 3. The van der Waals surface area contributed by atoms with E-state index in [1.165, 1.54) is 0 Å². The zero-order valence-corrected chi connectivity index (χ0v) is 19.4. The van der Waals surface area contributed by atoms with Gasteiger partial charge in [-0.2, -0.15) is 0 Å². The van der Waals surface area contributed by atoms with E-state index >= 15 is 0 Å². The molecule has 0 fully saturated rings. The highest BCUT2D eigenvalue weighted by molar-refractivity contribution is 6.35. The fourth-order valence-corrected chi connectivity index (χ4v) is 4.30. The number of carbonyl (C=O) groups excluding carboxylic acids is 1. The average molecular weight is 480 g/mol. The second-order valence-electron chi connectivity index (χ2n) is 7.70. The molecule has 7 heteroatoms. The van der Waals surface area contributed by atoms with E-state index in [2.05, 4.69) is 0 Å². The van der Waals surface area contributed by atoms with E-state index in [-0.39, 0.29) is 18.1 Å². The number of benzene rings is 3. The van der Waals surface area contributed by atoms with Crippen molar-refractivity contribution in [3.8, 4) is 17.2 Å². The summed E-state index contributed by atoms with van der Waals surface area (Å²) in [5.41, 5.74) is 3.21. The fraction of sp³-hybridized carbons (Fsp3) is 0.115. The maximum Gasteiger partial charge on any atom is 0.231 e. The Kier molecular flexibility index (Phi) is 5.52. The van der Waals surface area contributed by atoms with Gasteiger partial charge >= 0.3 is 0 Å². The van der Waals surface area contributed by atoms with Gasteiger partial charge in [-0.3, -0.25) is 4.79 Å². The molecule has 0 N–H and O–H groups in total. The molecule has 0 saturated carbocycles. The number of nitrogens with zero attached hydrogens (tertiary/aromatic N) is 1. The van der Waals surface area contributed by atoms with Crippen LogP contribution in [-0.2, 0) is 13.7 Å². The van der Waals surface area contributed by atoms with Crippen molar-refractivity contribution in [2.45, 2.75) is 6.61 Å². The molecule has 3 aromatic carbocycles. The molecule has 0 saturated heterocycles. The number of aryl methyl sites for hydroxylation is 1. The number of rotatable bonds is 5. The van der Waals surface area contributed by atoms with Crippen molar-refractivity contribution in [3.63, 3.8) is 0 Å². The third-order valence-electron chi connectivity index (χ3n) is 5.56. The van der Waals surface area contributed by atoms with E-state index in [0.717, 1.165) is 27.8 Å². The van der Waals surface area contributed by atoms with E-state index in [1.54, 1.807) is 43.5 Å². The molecule has 5 rings (SSSR count). The number of methoxy groups -OCH3 is 1. The molecule has 2 heterocycles. The molecule has 0 radical (unpaired) electrons. The van der Waals surface area contributed by atoms with E-state index in [1.807, 2.05) is 42.1 Å². The molecule has 0 bridgehead atoms. The maximum absolute atomic E-state index is 12.9. The number of hydrogen-bond donors (Lipinski definition) is 0. The second kappa shape index (κ2) is 8.50. The van der Waals surface area contributed by atoms with Crippen LogP contribution in [0.2, 0.25) is 10.0 Å². The van der Waals surface area contributed by atoms with Crippen molar-refractivity contribution in [1.82, 2.24) is 4.57 Å².